The maximum atomic E-state index is 12.0. The van der Waals surface area contributed by atoms with Crippen molar-refractivity contribution in [3.8, 4) is 0 Å². The van der Waals surface area contributed by atoms with Crippen LogP contribution >= 0.6 is 0 Å². The van der Waals surface area contributed by atoms with E-state index < -0.39 is 0 Å². The molecule has 0 radical (unpaired) electrons. The molecule has 3 N–H and O–H groups in total. The lowest BCUT2D eigenvalue weighted by Gasteiger charge is -2.15. The smallest absolute Gasteiger partial charge is 0.251 e. The molecule has 0 unspecified atom stereocenters. The number of nitrogens with zero attached hydrogens (tertiary/aromatic N) is 1. The summed E-state index contributed by atoms with van der Waals surface area (Å²) in [5, 5.41) is 8.32. The molecule has 0 bridgehead atoms. The highest BCUT2D eigenvalue weighted by atomic mass is 16.2. The summed E-state index contributed by atoms with van der Waals surface area (Å²) in [6, 6.07) is 13.9. The van der Waals surface area contributed by atoms with Crippen molar-refractivity contribution in [2.24, 2.45) is 0 Å². The zero-order chi connectivity index (χ0) is 19.1. The second-order valence-electron chi connectivity index (χ2n) is 5.68. The lowest BCUT2D eigenvalue weighted by atomic mass is 10.2. The number of hydrogen-bond donors (Lipinski definition) is 3. The molecule has 0 aliphatic carbocycles. The Labute approximate surface area is 152 Å². The van der Waals surface area contributed by atoms with E-state index in [4.69, 9.17) is 0 Å². The Hall–Kier alpha value is -3.35. The summed E-state index contributed by atoms with van der Waals surface area (Å²) in [5.41, 5.74) is 2.70. The van der Waals surface area contributed by atoms with Crippen molar-refractivity contribution in [2.45, 2.75) is 6.92 Å². The van der Waals surface area contributed by atoms with Crippen LogP contribution in [0, 0.1) is 0 Å². The van der Waals surface area contributed by atoms with Crippen molar-refractivity contribution in [3.05, 3.63) is 54.1 Å². The van der Waals surface area contributed by atoms with Crippen molar-refractivity contribution in [1.82, 2.24) is 5.32 Å². The number of carbonyl (C=O) groups is 3. The van der Waals surface area contributed by atoms with Crippen molar-refractivity contribution >= 4 is 34.8 Å². The van der Waals surface area contributed by atoms with E-state index in [1.54, 1.807) is 62.6 Å². The summed E-state index contributed by atoms with van der Waals surface area (Å²) < 4.78 is 0. The molecule has 0 fully saturated rings. The van der Waals surface area contributed by atoms with Crippen LogP contribution < -0.4 is 20.9 Å². The van der Waals surface area contributed by atoms with Crippen LogP contribution in [0.15, 0.2) is 48.5 Å². The van der Waals surface area contributed by atoms with E-state index >= 15 is 0 Å². The third-order valence-electron chi connectivity index (χ3n) is 3.84. The second kappa shape index (κ2) is 8.66. The van der Waals surface area contributed by atoms with Crippen LogP contribution in [0.25, 0.3) is 0 Å². The minimum absolute atomic E-state index is 0.0616. The molecule has 3 amide bonds. The highest BCUT2D eigenvalue weighted by molar-refractivity contribution is 5.96. The minimum Gasteiger partial charge on any atom is -0.376 e. The third-order valence-corrected chi connectivity index (χ3v) is 3.84. The van der Waals surface area contributed by atoms with Gasteiger partial charge in [-0.15, -0.1) is 0 Å². The molecule has 0 aliphatic heterocycles. The van der Waals surface area contributed by atoms with Gasteiger partial charge >= 0.3 is 0 Å². The summed E-state index contributed by atoms with van der Waals surface area (Å²) >= 11 is 0. The van der Waals surface area contributed by atoms with E-state index in [9.17, 15) is 14.4 Å². The number of benzene rings is 2. The van der Waals surface area contributed by atoms with Gasteiger partial charge in [-0.3, -0.25) is 14.4 Å². The highest BCUT2D eigenvalue weighted by Gasteiger charge is 2.07. The fourth-order valence-corrected chi connectivity index (χ4v) is 2.22. The number of rotatable bonds is 6. The summed E-state index contributed by atoms with van der Waals surface area (Å²) in [5.74, 6) is -0.422. The summed E-state index contributed by atoms with van der Waals surface area (Å²) in [4.78, 5) is 36.4. The van der Waals surface area contributed by atoms with Gasteiger partial charge in [-0.2, -0.15) is 0 Å². The maximum Gasteiger partial charge on any atom is 0.251 e. The Morgan fingerprint density at radius 1 is 0.923 bits per heavy atom. The maximum absolute atomic E-state index is 12.0. The Morgan fingerprint density at radius 3 is 2.04 bits per heavy atom. The SMILES string of the molecule is CNC(=O)c1ccc(NCC(=O)Nc2ccc(N(C)C(C)=O)cc2)cc1. The fourth-order valence-electron chi connectivity index (χ4n) is 2.22. The van der Waals surface area contributed by atoms with Gasteiger partial charge in [-0.25, -0.2) is 0 Å². The predicted molar refractivity (Wildman–Crippen MR) is 102 cm³/mol. The van der Waals surface area contributed by atoms with Crippen LogP contribution in [0.1, 0.15) is 17.3 Å². The Bertz CT molecular complexity index is 785. The minimum atomic E-state index is -0.201. The van der Waals surface area contributed by atoms with Gasteiger partial charge < -0.3 is 20.9 Å². The van der Waals surface area contributed by atoms with Crippen LogP contribution in [0.3, 0.4) is 0 Å². The van der Waals surface area contributed by atoms with Crippen LogP contribution in [0.2, 0.25) is 0 Å². The molecule has 0 saturated carbocycles. The van der Waals surface area contributed by atoms with E-state index in [1.165, 1.54) is 11.8 Å². The number of hydrogen-bond acceptors (Lipinski definition) is 4. The monoisotopic (exact) mass is 354 g/mol. The predicted octanol–water partition coefficient (Wildman–Crippen LogP) is 2.08. The van der Waals surface area contributed by atoms with E-state index in [0.717, 1.165) is 11.4 Å². The molecule has 136 valence electrons. The quantitative estimate of drug-likeness (QED) is 0.741. The van der Waals surface area contributed by atoms with E-state index in [1.807, 2.05) is 0 Å². The molecule has 0 aromatic heterocycles. The van der Waals surface area contributed by atoms with Crippen molar-refractivity contribution in [2.75, 3.05) is 36.2 Å². The average molecular weight is 354 g/mol. The van der Waals surface area contributed by atoms with Crippen LogP contribution in [-0.4, -0.2) is 38.4 Å². The molecular formula is C19H22N4O3. The number of nitrogens with one attached hydrogen (secondary N) is 3. The van der Waals surface area contributed by atoms with Crippen molar-refractivity contribution < 1.29 is 14.4 Å². The van der Waals surface area contributed by atoms with Gasteiger partial charge in [-0.1, -0.05) is 0 Å². The Balaban J connectivity index is 1.87. The lowest BCUT2D eigenvalue weighted by Crippen LogP contribution is -2.23. The first-order valence-electron chi connectivity index (χ1n) is 8.11. The molecule has 0 spiro atoms. The van der Waals surface area contributed by atoms with Gasteiger partial charge in [0, 0.05) is 43.6 Å². The second-order valence-corrected chi connectivity index (χ2v) is 5.68. The van der Waals surface area contributed by atoms with E-state index in [0.29, 0.717) is 11.3 Å². The number of carbonyl (C=O) groups excluding carboxylic acids is 3. The van der Waals surface area contributed by atoms with E-state index in [2.05, 4.69) is 16.0 Å². The summed E-state index contributed by atoms with van der Waals surface area (Å²) in [6.45, 7) is 1.58. The topological polar surface area (TPSA) is 90.5 Å². The molecule has 7 nitrogen and oxygen atoms in total. The third kappa shape index (κ3) is 5.07. The Kier molecular flexibility index (Phi) is 6.32. The van der Waals surface area contributed by atoms with E-state index in [-0.39, 0.29) is 24.3 Å². The molecule has 0 saturated heterocycles. The molecule has 2 aromatic carbocycles. The van der Waals surface area contributed by atoms with Gasteiger partial charge in [0.15, 0.2) is 0 Å². The molecular weight excluding hydrogens is 332 g/mol. The van der Waals surface area contributed by atoms with Gasteiger partial charge in [0.05, 0.1) is 6.54 Å². The van der Waals surface area contributed by atoms with Crippen LogP contribution in [0.5, 0.6) is 0 Å². The Morgan fingerprint density at radius 2 is 1.50 bits per heavy atom. The first-order chi connectivity index (χ1) is 12.4. The lowest BCUT2D eigenvalue weighted by molar-refractivity contribution is -0.116. The molecule has 7 heteroatoms. The summed E-state index contributed by atoms with van der Waals surface area (Å²) in [6.07, 6.45) is 0. The molecule has 26 heavy (non-hydrogen) atoms. The first-order valence-corrected chi connectivity index (χ1v) is 8.11. The molecule has 0 aliphatic rings. The molecule has 0 atom stereocenters. The van der Waals surface area contributed by atoms with Crippen LogP contribution in [0.4, 0.5) is 17.1 Å². The highest BCUT2D eigenvalue weighted by Crippen LogP contribution is 2.17. The van der Waals surface area contributed by atoms with Gasteiger partial charge in [0.25, 0.3) is 5.91 Å². The van der Waals surface area contributed by atoms with Gasteiger partial charge in [-0.05, 0) is 48.5 Å². The standard InChI is InChI=1S/C19H22N4O3/c1-13(24)23(3)17-10-8-16(9-11-17)22-18(25)12-21-15-6-4-14(5-7-15)19(26)20-2/h4-11,21H,12H2,1-3H3,(H,20,26)(H,22,25). The van der Waals surface area contributed by atoms with Crippen LogP contribution in [-0.2, 0) is 9.59 Å². The zero-order valence-corrected chi connectivity index (χ0v) is 15.0. The van der Waals surface area contributed by atoms with Gasteiger partial charge in [0.2, 0.25) is 11.8 Å². The number of amides is 3. The first kappa shape index (κ1) is 19.0. The summed E-state index contributed by atoms with van der Waals surface area (Å²) in [7, 11) is 3.26. The van der Waals surface area contributed by atoms with Gasteiger partial charge in [0.1, 0.15) is 0 Å². The number of anilines is 3. The largest absolute Gasteiger partial charge is 0.376 e. The normalized spacial score (nSPS) is 9.96. The molecule has 2 aromatic rings. The molecule has 2 rings (SSSR count). The molecule has 0 heterocycles. The fraction of sp³-hybridized carbons (Fsp3) is 0.211. The van der Waals surface area contributed by atoms with Crippen molar-refractivity contribution in [3.63, 3.8) is 0 Å². The average Bonchev–Trinajstić information content (AvgIpc) is 2.66. The zero-order valence-electron chi connectivity index (χ0n) is 15.0. The van der Waals surface area contributed by atoms with Crippen molar-refractivity contribution in [1.29, 1.82) is 0 Å².